The van der Waals surface area contributed by atoms with Crippen LogP contribution >= 0.6 is 0 Å². The van der Waals surface area contributed by atoms with E-state index in [1.54, 1.807) is 18.3 Å². The van der Waals surface area contributed by atoms with Crippen LogP contribution in [0.1, 0.15) is 15.9 Å². The van der Waals surface area contributed by atoms with Gasteiger partial charge in [-0.25, -0.2) is 4.79 Å². The van der Waals surface area contributed by atoms with Crippen LogP contribution in [-0.4, -0.2) is 46.0 Å². The highest BCUT2D eigenvalue weighted by Crippen LogP contribution is 2.28. The number of ether oxygens (including phenoxy) is 2. The number of benzene rings is 1. The molecule has 0 unspecified atom stereocenters. The van der Waals surface area contributed by atoms with Gasteiger partial charge in [0.15, 0.2) is 0 Å². The van der Waals surface area contributed by atoms with E-state index in [2.05, 4.69) is 10.3 Å². The fraction of sp³-hybridized carbons (Fsp3) is 0.429. The van der Waals surface area contributed by atoms with Crippen molar-refractivity contribution in [1.29, 1.82) is 0 Å². The van der Waals surface area contributed by atoms with E-state index in [0.29, 0.717) is 28.5 Å². The molecule has 0 radical (unpaired) electrons. The van der Waals surface area contributed by atoms with Gasteiger partial charge >= 0.3 is 5.97 Å². The molecule has 1 aliphatic rings. The number of anilines is 1. The highest BCUT2D eigenvalue weighted by atomic mass is 16.5. The number of aliphatic imine (C=N–C) groups is 1. The predicted octanol–water partition coefficient (Wildman–Crippen LogP) is 0.702. The summed E-state index contributed by atoms with van der Waals surface area (Å²) < 4.78 is 10.0. The Bertz CT molecular complexity index is 525. The average molecular weight is 277 g/mol. The lowest BCUT2D eigenvalue weighted by molar-refractivity contribution is 0.0597. The first-order chi connectivity index (χ1) is 9.67. The Balaban J connectivity index is 2.26. The van der Waals surface area contributed by atoms with Gasteiger partial charge in [0.1, 0.15) is 11.3 Å². The third-order valence-electron chi connectivity index (χ3n) is 3.29. The second-order valence-corrected chi connectivity index (χ2v) is 4.66. The number of hydrogen-bond acceptors (Lipinski definition) is 6. The molecule has 0 bridgehead atoms. The number of rotatable bonds is 5. The van der Waals surface area contributed by atoms with Crippen LogP contribution in [0.5, 0.6) is 5.75 Å². The van der Waals surface area contributed by atoms with E-state index in [9.17, 15) is 4.79 Å². The van der Waals surface area contributed by atoms with Crippen LogP contribution < -0.4 is 15.8 Å². The molecule has 108 valence electrons. The summed E-state index contributed by atoms with van der Waals surface area (Å²) in [6.45, 7) is 2.72. The Hall–Kier alpha value is -2.08. The second-order valence-electron chi connectivity index (χ2n) is 4.66. The topological polar surface area (TPSA) is 85.9 Å². The lowest BCUT2D eigenvalue weighted by Gasteiger charge is -2.25. The number of nitrogen functional groups attached to an aromatic ring is 1. The van der Waals surface area contributed by atoms with E-state index in [4.69, 9.17) is 15.2 Å². The molecule has 1 fully saturated rings. The molecule has 0 aromatic heterocycles. The SMILES string of the molecule is COC(=O)c1ccc(N)c(C=NCC2CNC2)c1OC. The zero-order valence-electron chi connectivity index (χ0n) is 11.7. The Morgan fingerprint density at radius 3 is 2.80 bits per heavy atom. The van der Waals surface area contributed by atoms with Crippen molar-refractivity contribution < 1.29 is 14.3 Å². The monoisotopic (exact) mass is 277 g/mol. The number of carbonyl (C=O) groups excluding carboxylic acids is 1. The molecule has 1 aliphatic heterocycles. The minimum Gasteiger partial charge on any atom is -0.495 e. The molecular formula is C14H19N3O3. The molecule has 0 aliphatic carbocycles. The zero-order valence-corrected chi connectivity index (χ0v) is 11.7. The van der Waals surface area contributed by atoms with Crippen LogP contribution in [0.2, 0.25) is 0 Å². The third kappa shape index (κ3) is 2.91. The van der Waals surface area contributed by atoms with Crippen molar-refractivity contribution in [1.82, 2.24) is 5.32 Å². The van der Waals surface area contributed by atoms with Gasteiger partial charge in [-0.1, -0.05) is 0 Å². The van der Waals surface area contributed by atoms with Crippen LogP contribution in [0.3, 0.4) is 0 Å². The summed E-state index contributed by atoms with van der Waals surface area (Å²) in [7, 11) is 2.82. The van der Waals surface area contributed by atoms with Gasteiger partial charge in [-0.15, -0.1) is 0 Å². The highest BCUT2D eigenvalue weighted by molar-refractivity contribution is 6.00. The van der Waals surface area contributed by atoms with Gasteiger partial charge in [-0.2, -0.15) is 0 Å². The van der Waals surface area contributed by atoms with Crippen molar-refractivity contribution in [3.63, 3.8) is 0 Å². The molecule has 20 heavy (non-hydrogen) atoms. The summed E-state index contributed by atoms with van der Waals surface area (Å²) in [6, 6.07) is 3.24. The number of nitrogens with zero attached hydrogens (tertiary/aromatic N) is 1. The maximum Gasteiger partial charge on any atom is 0.341 e. The zero-order chi connectivity index (χ0) is 14.5. The normalized spacial score (nSPS) is 15.1. The summed E-state index contributed by atoms with van der Waals surface area (Å²) >= 11 is 0. The molecule has 0 saturated carbocycles. The molecule has 1 heterocycles. The fourth-order valence-corrected chi connectivity index (χ4v) is 2.01. The number of nitrogens with two attached hydrogens (primary N) is 1. The van der Waals surface area contributed by atoms with Crippen LogP contribution in [0.4, 0.5) is 5.69 Å². The minimum absolute atomic E-state index is 0.343. The van der Waals surface area contributed by atoms with E-state index >= 15 is 0 Å². The van der Waals surface area contributed by atoms with Crippen molar-refractivity contribution in [2.75, 3.05) is 39.6 Å². The van der Waals surface area contributed by atoms with Gasteiger partial charge in [-0.3, -0.25) is 4.99 Å². The second kappa shape index (κ2) is 6.38. The molecule has 0 amide bonds. The van der Waals surface area contributed by atoms with Gasteiger partial charge in [0.25, 0.3) is 0 Å². The molecule has 6 heteroatoms. The molecule has 0 spiro atoms. The minimum atomic E-state index is -0.459. The third-order valence-corrected chi connectivity index (χ3v) is 3.29. The largest absolute Gasteiger partial charge is 0.495 e. The van der Waals surface area contributed by atoms with Crippen molar-refractivity contribution >= 4 is 17.9 Å². The van der Waals surface area contributed by atoms with Crippen LogP contribution in [-0.2, 0) is 4.74 Å². The average Bonchev–Trinajstić information content (AvgIpc) is 2.41. The molecule has 6 nitrogen and oxygen atoms in total. The Morgan fingerprint density at radius 1 is 1.50 bits per heavy atom. The fourth-order valence-electron chi connectivity index (χ4n) is 2.01. The molecule has 1 aromatic carbocycles. The van der Waals surface area contributed by atoms with Crippen molar-refractivity contribution in [2.45, 2.75) is 0 Å². The predicted molar refractivity (Wildman–Crippen MR) is 77.6 cm³/mol. The smallest absolute Gasteiger partial charge is 0.341 e. The summed E-state index contributed by atoms with van der Waals surface area (Å²) in [5.41, 5.74) is 7.41. The Morgan fingerprint density at radius 2 is 2.25 bits per heavy atom. The van der Waals surface area contributed by atoms with E-state index in [1.165, 1.54) is 14.2 Å². The van der Waals surface area contributed by atoms with E-state index in [1.807, 2.05) is 0 Å². The van der Waals surface area contributed by atoms with Gasteiger partial charge < -0.3 is 20.5 Å². The summed E-state index contributed by atoms with van der Waals surface area (Å²) in [5.74, 6) is 0.509. The summed E-state index contributed by atoms with van der Waals surface area (Å²) in [4.78, 5) is 16.1. The van der Waals surface area contributed by atoms with E-state index in [0.717, 1.165) is 19.6 Å². The number of hydrogen-bond donors (Lipinski definition) is 2. The number of carbonyl (C=O) groups is 1. The van der Waals surface area contributed by atoms with E-state index in [-0.39, 0.29) is 0 Å². The van der Waals surface area contributed by atoms with Crippen LogP contribution in [0.25, 0.3) is 0 Å². The summed E-state index contributed by atoms with van der Waals surface area (Å²) in [6.07, 6.45) is 1.67. The molecular weight excluding hydrogens is 258 g/mol. The first kappa shape index (κ1) is 14.3. The molecule has 1 saturated heterocycles. The standard InChI is InChI=1S/C14H19N3O3/c1-19-13-10(14(18)20-2)3-4-12(15)11(13)8-17-7-9-5-16-6-9/h3-4,8-9,16H,5-7,15H2,1-2H3. The first-order valence-corrected chi connectivity index (χ1v) is 6.42. The lowest BCUT2D eigenvalue weighted by atomic mass is 10.0. The first-order valence-electron chi connectivity index (χ1n) is 6.42. The maximum atomic E-state index is 11.7. The molecule has 0 atom stereocenters. The molecule has 1 aromatic rings. The van der Waals surface area contributed by atoms with Crippen molar-refractivity contribution in [3.05, 3.63) is 23.3 Å². The number of methoxy groups -OCH3 is 2. The molecule has 3 N–H and O–H groups in total. The number of nitrogens with one attached hydrogen (secondary N) is 1. The Labute approximate surface area is 118 Å². The van der Waals surface area contributed by atoms with Crippen molar-refractivity contribution in [2.24, 2.45) is 10.9 Å². The van der Waals surface area contributed by atoms with Gasteiger partial charge in [0.2, 0.25) is 0 Å². The Kier molecular flexibility index (Phi) is 4.57. The van der Waals surface area contributed by atoms with E-state index < -0.39 is 5.97 Å². The highest BCUT2D eigenvalue weighted by Gasteiger charge is 2.18. The van der Waals surface area contributed by atoms with Gasteiger partial charge in [0, 0.05) is 37.5 Å². The van der Waals surface area contributed by atoms with Gasteiger partial charge in [0.05, 0.1) is 19.8 Å². The van der Waals surface area contributed by atoms with Crippen LogP contribution in [0.15, 0.2) is 17.1 Å². The van der Waals surface area contributed by atoms with Crippen LogP contribution in [0, 0.1) is 5.92 Å². The number of esters is 1. The maximum absolute atomic E-state index is 11.7. The summed E-state index contributed by atoms with van der Waals surface area (Å²) in [5, 5.41) is 3.19. The quantitative estimate of drug-likeness (QED) is 0.470. The van der Waals surface area contributed by atoms with Crippen molar-refractivity contribution in [3.8, 4) is 5.75 Å². The lowest BCUT2D eigenvalue weighted by Crippen LogP contribution is -2.43. The van der Waals surface area contributed by atoms with Gasteiger partial charge in [-0.05, 0) is 12.1 Å². The molecule has 2 rings (SSSR count).